The zero-order valence-corrected chi connectivity index (χ0v) is 22.4. The smallest absolute Gasteiger partial charge is 0.269 e. The predicted octanol–water partition coefficient (Wildman–Crippen LogP) is 6.07. The fourth-order valence-electron chi connectivity index (χ4n) is 4.04. The van der Waals surface area contributed by atoms with E-state index in [9.17, 15) is 9.59 Å². The van der Waals surface area contributed by atoms with E-state index in [0.717, 1.165) is 23.1 Å². The number of thioether (sulfide) groups is 1. The second kappa shape index (κ2) is 10.3. The van der Waals surface area contributed by atoms with Crippen LogP contribution in [-0.4, -0.2) is 24.5 Å². The van der Waals surface area contributed by atoms with Crippen LogP contribution in [0.25, 0.3) is 11.7 Å². The SMILES string of the molecule is CCc1ccc(Oc2nc3c(C)cccn3c(=O)c2/C=C2/SC(=S)N(Cc3ccc(C)cc3)C2=O)cc1. The number of hydrogen-bond acceptors (Lipinski definition) is 6. The minimum Gasteiger partial charge on any atom is -0.438 e. The van der Waals surface area contributed by atoms with Crippen LogP contribution in [-0.2, 0) is 17.8 Å². The first kappa shape index (κ1) is 24.9. The van der Waals surface area contributed by atoms with Gasteiger partial charge in [0.15, 0.2) is 0 Å². The number of aryl methyl sites for hydroxylation is 3. The molecular weight excluding hydrogens is 502 g/mol. The van der Waals surface area contributed by atoms with Gasteiger partial charge in [0.25, 0.3) is 11.5 Å². The molecule has 4 aromatic rings. The van der Waals surface area contributed by atoms with Crippen molar-refractivity contribution in [2.24, 2.45) is 0 Å². The molecule has 2 aromatic heterocycles. The number of nitrogens with zero attached hydrogens (tertiary/aromatic N) is 3. The van der Waals surface area contributed by atoms with Gasteiger partial charge in [0, 0.05) is 6.20 Å². The maximum absolute atomic E-state index is 13.6. The highest BCUT2D eigenvalue weighted by Gasteiger charge is 2.33. The number of carbonyl (C=O) groups is 1. The van der Waals surface area contributed by atoms with Gasteiger partial charge in [-0.1, -0.05) is 78.9 Å². The summed E-state index contributed by atoms with van der Waals surface area (Å²) in [5, 5.41) is 0. The highest BCUT2D eigenvalue weighted by molar-refractivity contribution is 8.26. The summed E-state index contributed by atoms with van der Waals surface area (Å²) >= 11 is 6.69. The van der Waals surface area contributed by atoms with Crippen LogP contribution in [0, 0.1) is 13.8 Å². The molecule has 1 aliphatic heterocycles. The van der Waals surface area contributed by atoms with Crippen molar-refractivity contribution in [2.75, 3.05) is 0 Å². The van der Waals surface area contributed by atoms with Crippen LogP contribution in [0.15, 0.2) is 76.6 Å². The number of rotatable bonds is 6. The van der Waals surface area contributed by atoms with Crippen molar-refractivity contribution in [1.82, 2.24) is 14.3 Å². The largest absolute Gasteiger partial charge is 0.438 e. The summed E-state index contributed by atoms with van der Waals surface area (Å²) in [5.74, 6) is 0.457. The Morgan fingerprint density at radius 2 is 1.70 bits per heavy atom. The molecule has 5 rings (SSSR count). The Hall–Kier alpha value is -3.75. The first-order valence-electron chi connectivity index (χ1n) is 11.9. The molecule has 1 amide bonds. The molecule has 0 atom stereocenters. The maximum atomic E-state index is 13.6. The molecule has 0 spiro atoms. The van der Waals surface area contributed by atoms with Gasteiger partial charge in [0.05, 0.1) is 11.4 Å². The Balaban J connectivity index is 1.56. The van der Waals surface area contributed by atoms with Crippen molar-refractivity contribution in [2.45, 2.75) is 33.7 Å². The highest BCUT2D eigenvalue weighted by atomic mass is 32.2. The molecule has 0 radical (unpaired) electrons. The number of pyridine rings is 1. The monoisotopic (exact) mass is 527 g/mol. The molecule has 1 aliphatic rings. The van der Waals surface area contributed by atoms with Gasteiger partial charge < -0.3 is 4.74 Å². The van der Waals surface area contributed by atoms with Crippen molar-refractivity contribution in [3.05, 3.63) is 110 Å². The van der Waals surface area contributed by atoms with E-state index < -0.39 is 0 Å². The van der Waals surface area contributed by atoms with Crippen LogP contribution in [0.4, 0.5) is 0 Å². The third kappa shape index (κ3) is 5.08. The zero-order valence-electron chi connectivity index (χ0n) is 20.7. The molecule has 0 saturated carbocycles. The quantitative estimate of drug-likeness (QED) is 0.224. The van der Waals surface area contributed by atoms with E-state index in [2.05, 4.69) is 11.9 Å². The number of thiocarbonyl (C=S) groups is 1. The number of ether oxygens (including phenoxy) is 1. The van der Waals surface area contributed by atoms with Crippen molar-refractivity contribution < 1.29 is 9.53 Å². The molecule has 8 heteroatoms. The molecule has 1 saturated heterocycles. The van der Waals surface area contributed by atoms with Crippen LogP contribution in [0.1, 0.15) is 34.7 Å². The molecule has 0 N–H and O–H groups in total. The summed E-state index contributed by atoms with van der Waals surface area (Å²) in [4.78, 5) is 33.5. The summed E-state index contributed by atoms with van der Waals surface area (Å²) in [6.07, 6.45) is 4.12. The molecular formula is C29H25N3O3S2. The lowest BCUT2D eigenvalue weighted by Gasteiger charge is -2.14. The lowest BCUT2D eigenvalue weighted by atomic mass is 10.1. The average molecular weight is 528 g/mol. The molecule has 6 nitrogen and oxygen atoms in total. The summed E-state index contributed by atoms with van der Waals surface area (Å²) in [7, 11) is 0. The van der Waals surface area contributed by atoms with Crippen LogP contribution in [0.5, 0.6) is 11.6 Å². The van der Waals surface area contributed by atoms with Crippen molar-refractivity contribution in [1.29, 1.82) is 0 Å². The normalized spacial score (nSPS) is 14.7. The van der Waals surface area contributed by atoms with E-state index in [1.165, 1.54) is 21.7 Å². The molecule has 3 heterocycles. The molecule has 0 bridgehead atoms. The van der Waals surface area contributed by atoms with Crippen molar-refractivity contribution in [3.8, 4) is 11.6 Å². The van der Waals surface area contributed by atoms with E-state index in [0.29, 0.717) is 27.2 Å². The molecule has 1 fully saturated rings. The van der Waals surface area contributed by atoms with Gasteiger partial charge in [0.2, 0.25) is 5.88 Å². The molecule has 0 aliphatic carbocycles. The number of hydrogen-bond donors (Lipinski definition) is 0. The van der Waals surface area contributed by atoms with Gasteiger partial charge in [0.1, 0.15) is 21.3 Å². The fraction of sp³-hybridized carbons (Fsp3) is 0.172. The number of fused-ring (bicyclic) bond motifs is 1. The molecule has 0 unspecified atom stereocenters. The van der Waals surface area contributed by atoms with Crippen LogP contribution >= 0.6 is 24.0 Å². The minimum absolute atomic E-state index is 0.146. The minimum atomic E-state index is -0.322. The number of carbonyl (C=O) groups excluding carboxylic acids is 1. The van der Waals surface area contributed by atoms with Crippen molar-refractivity contribution >= 4 is 45.9 Å². The lowest BCUT2D eigenvalue weighted by Crippen LogP contribution is -2.27. The van der Waals surface area contributed by atoms with Crippen LogP contribution in [0.3, 0.4) is 0 Å². The Morgan fingerprint density at radius 1 is 1.00 bits per heavy atom. The number of aromatic nitrogens is 2. The second-order valence-electron chi connectivity index (χ2n) is 8.87. The Labute approximate surface area is 224 Å². The van der Waals surface area contributed by atoms with Gasteiger partial charge in [-0.05, 0) is 61.2 Å². The topological polar surface area (TPSA) is 63.9 Å². The second-order valence-corrected chi connectivity index (χ2v) is 10.5. The molecule has 37 heavy (non-hydrogen) atoms. The highest BCUT2D eigenvalue weighted by Crippen LogP contribution is 2.35. The van der Waals surface area contributed by atoms with Crippen molar-refractivity contribution in [3.63, 3.8) is 0 Å². The van der Waals surface area contributed by atoms with E-state index in [4.69, 9.17) is 17.0 Å². The van der Waals surface area contributed by atoms with E-state index in [1.54, 1.807) is 23.2 Å². The lowest BCUT2D eigenvalue weighted by molar-refractivity contribution is -0.122. The van der Waals surface area contributed by atoms with E-state index >= 15 is 0 Å². The fourth-order valence-corrected chi connectivity index (χ4v) is 5.28. The first-order valence-corrected chi connectivity index (χ1v) is 13.2. The summed E-state index contributed by atoms with van der Waals surface area (Å²) in [5.41, 5.74) is 4.50. The standard InChI is InChI=1S/C29H25N3O3S2/c1-4-20-11-13-22(14-12-20)35-26-23(27(33)31-15-5-6-19(3)25(31)30-26)16-24-28(34)32(29(36)37-24)17-21-9-7-18(2)8-10-21/h5-16H,4,17H2,1-3H3/b24-16+. The third-order valence-electron chi connectivity index (χ3n) is 6.21. The van der Waals surface area contributed by atoms with Gasteiger partial charge >= 0.3 is 0 Å². The zero-order chi connectivity index (χ0) is 26.1. The van der Waals surface area contributed by atoms with Gasteiger partial charge in [-0.3, -0.25) is 18.9 Å². The predicted molar refractivity (Wildman–Crippen MR) is 152 cm³/mol. The van der Waals surface area contributed by atoms with Gasteiger partial charge in [-0.15, -0.1) is 0 Å². The summed E-state index contributed by atoms with van der Waals surface area (Å²) < 4.78 is 8.04. The first-order chi connectivity index (χ1) is 17.8. The Bertz CT molecular complexity index is 1610. The average Bonchev–Trinajstić information content (AvgIpc) is 3.16. The van der Waals surface area contributed by atoms with Crippen LogP contribution < -0.4 is 10.3 Å². The summed E-state index contributed by atoms with van der Waals surface area (Å²) in [6.45, 7) is 6.35. The van der Waals surface area contributed by atoms with Crippen LogP contribution in [0.2, 0.25) is 0 Å². The Morgan fingerprint density at radius 3 is 2.41 bits per heavy atom. The van der Waals surface area contributed by atoms with Gasteiger partial charge in [-0.2, -0.15) is 4.98 Å². The number of amides is 1. The van der Waals surface area contributed by atoms with E-state index in [-0.39, 0.29) is 22.9 Å². The summed E-state index contributed by atoms with van der Waals surface area (Å²) in [6, 6.07) is 19.3. The molecule has 2 aromatic carbocycles. The number of benzene rings is 2. The molecule has 186 valence electrons. The van der Waals surface area contributed by atoms with Gasteiger partial charge in [-0.25, -0.2) is 0 Å². The maximum Gasteiger partial charge on any atom is 0.269 e. The third-order valence-corrected chi connectivity index (χ3v) is 7.58. The Kier molecular flexibility index (Phi) is 6.95. The van der Waals surface area contributed by atoms with E-state index in [1.807, 2.05) is 68.4 Å².